The van der Waals surface area contributed by atoms with E-state index in [0.717, 1.165) is 31.0 Å². The van der Waals surface area contributed by atoms with Gasteiger partial charge in [0.25, 0.3) is 0 Å². The Labute approximate surface area is 124 Å². The monoisotopic (exact) mass is 291 g/mol. The Morgan fingerprint density at radius 1 is 1.35 bits per heavy atom. The van der Waals surface area contributed by atoms with Gasteiger partial charge in [-0.15, -0.1) is 0 Å². The van der Waals surface area contributed by atoms with E-state index in [1.807, 2.05) is 10.6 Å². The molecule has 2 rings (SSSR count). The van der Waals surface area contributed by atoms with Gasteiger partial charge in [-0.2, -0.15) is 5.10 Å². The smallest absolute Gasteiger partial charge is 0.195 e. The molecule has 108 valence electrons. The predicted molar refractivity (Wildman–Crippen MR) is 82.8 cm³/mol. The average Bonchev–Trinajstić information content (AvgIpc) is 2.77. The third kappa shape index (κ3) is 3.48. The van der Waals surface area contributed by atoms with Crippen LogP contribution in [0.1, 0.15) is 30.3 Å². The van der Waals surface area contributed by atoms with Gasteiger partial charge in [0.05, 0.1) is 6.61 Å². The summed E-state index contributed by atoms with van der Waals surface area (Å²) in [6, 6.07) is 6.24. The van der Waals surface area contributed by atoms with Gasteiger partial charge in [0.15, 0.2) is 4.77 Å². The summed E-state index contributed by atoms with van der Waals surface area (Å²) in [5.41, 5.74) is 2.44. The first-order chi connectivity index (χ1) is 9.61. The van der Waals surface area contributed by atoms with Crippen molar-refractivity contribution in [3.05, 3.63) is 39.9 Å². The summed E-state index contributed by atoms with van der Waals surface area (Å²) < 4.78 is 8.53. The number of aromatic amines is 1. The van der Waals surface area contributed by atoms with Crippen LogP contribution in [0.25, 0.3) is 0 Å². The number of nitrogens with one attached hydrogen (secondary N) is 1. The molecule has 0 amide bonds. The van der Waals surface area contributed by atoms with Gasteiger partial charge >= 0.3 is 0 Å². The van der Waals surface area contributed by atoms with Gasteiger partial charge in [0.1, 0.15) is 11.6 Å². The molecule has 0 fully saturated rings. The second kappa shape index (κ2) is 6.70. The Kier molecular flexibility index (Phi) is 4.95. The summed E-state index contributed by atoms with van der Waals surface area (Å²) in [6.07, 6.45) is 1.79. The van der Waals surface area contributed by atoms with Crippen LogP contribution in [0.15, 0.2) is 18.2 Å². The highest BCUT2D eigenvalue weighted by molar-refractivity contribution is 7.71. The third-order valence-electron chi connectivity index (χ3n) is 3.29. The van der Waals surface area contributed by atoms with E-state index in [-0.39, 0.29) is 0 Å². The zero-order valence-electron chi connectivity index (χ0n) is 12.3. The lowest BCUT2D eigenvalue weighted by Gasteiger charge is -2.09. The summed E-state index contributed by atoms with van der Waals surface area (Å²) in [5, 5.41) is 7.09. The number of H-pyrrole nitrogens is 1. The van der Waals surface area contributed by atoms with Crippen LogP contribution < -0.4 is 4.74 Å². The fourth-order valence-electron chi connectivity index (χ4n) is 2.24. The topological polar surface area (TPSA) is 42.8 Å². The molecule has 0 saturated carbocycles. The minimum atomic E-state index is 0.688. The summed E-state index contributed by atoms with van der Waals surface area (Å²) in [7, 11) is 0. The van der Waals surface area contributed by atoms with Crippen molar-refractivity contribution < 1.29 is 4.74 Å². The first-order valence-electron chi connectivity index (χ1n) is 6.96. The molecular weight excluding hydrogens is 270 g/mol. The molecule has 0 atom stereocenters. The molecule has 0 unspecified atom stereocenters. The zero-order chi connectivity index (χ0) is 14.5. The summed E-state index contributed by atoms with van der Waals surface area (Å²) in [4.78, 5) is 0. The number of aromatic nitrogens is 3. The molecule has 1 aromatic carbocycles. The fourth-order valence-corrected chi connectivity index (χ4v) is 2.52. The van der Waals surface area contributed by atoms with Crippen LogP contribution in [-0.4, -0.2) is 21.4 Å². The Hall–Kier alpha value is -1.62. The van der Waals surface area contributed by atoms with Crippen molar-refractivity contribution in [1.29, 1.82) is 0 Å². The molecule has 0 aliphatic carbocycles. The molecule has 20 heavy (non-hydrogen) atoms. The Morgan fingerprint density at radius 2 is 2.15 bits per heavy atom. The first-order valence-corrected chi connectivity index (χ1v) is 7.36. The van der Waals surface area contributed by atoms with Gasteiger partial charge < -0.3 is 9.30 Å². The molecule has 0 spiro atoms. The number of aryl methyl sites for hydroxylation is 3. The van der Waals surface area contributed by atoms with Crippen LogP contribution in [0.4, 0.5) is 0 Å². The molecule has 0 bridgehead atoms. The largest absolute Gasteiger partial charge is 0.493 e. The Bertz CT molecular complexity index is 630. The lowest BCUT2D eigenvalue weighted by Crippen LogP contribution is -2.06. The highest BCUT2D eigenvalue weighted by atomic mass is 32.1. The summed E-state index contributed by atoms with van der Waals surface area (Å²) in [5.74, 6) is 1.96. The van der Waals surface area contributed by atoms with E-state index >= 15 is 0 Å². The van der Waals surface area contributed by atoms with Crippen molar-refractivity contribution >= 4 is 12.2 Å². The number of ether oxygens (including phenoxy) is 1. The van der Waals surface area contributed by atoms with Gasteiger partial charge in [0, 0.05) is 13.0 Å². The maximum absolute atomic E-state index is 5.82. The zero-order valence-corrected chi connectivity index (χ0v) is 13.1. The first kappa shape index (κ1) is 14.8. The lowest BCUT2D eigenvalue weighted by molar-refractivity contribution is 0.307. The van der Waals surface area contributed by atoms with E-state index in [2.05, 4.69) is 43.1 Å². The molecule has 2 aromatic rings. The molecule has 5 heteroatoms. The number of benzene rings is 1. The van der Waals surface area contributed by atoms with E-state index in [1.165, 1.54) is 11.1 Å². The molecule has 0 aliphatic rings. The van der Waals surface area contributed by atoms with Crippen LogP contribution in [0.2, 0.25) is 0 Å². The predicted octanol–water partition coefficient (Wildman–Crippen LogP) is 3.59. The van der Waals surface area contributed by atoms with Crippen molar-refractivity contribution in [2.75, 3.05) is 6.61 Å². The normalized spacial score (nSPS) is 10.8. The van der Waals surface area contributed by atoms with E-state index in [9.17, 15) is 0 Å². The van der Waals surface area contributed by atoms with E-state index in [4.69, 9.17) is 17.0 Å². The van der Waals surface area contributed by atoms with Crippen LogP contribution in [0.5, 0.6) is 5.75 Å². The summed E-state index contributed by atoms with van der Waals surface area (Å²) >= 11 is 5.17. The third-order valence-corrected chi connectivity index (χ3v) is 3.60. The second-order valence-corrected chi connectivity index (χ2v) is 5.30. The van der Waals surface area contributed by atoms with E-state index in [1.54, 1.807) is 0 Å². The molecular formula is C15H21N3OS. The van der Waals surface area contributed by atoms with Crippen molar-refractivity contribution in [1.82, 2.24) is 14.8 Å². The average molecular weight is 291 g/mol. The van der Waals surface area contributed by atoms with Crippen LogP contribution in [0, 0.1) is 18.6 Å². The molecule has 0 radical (unpaired) electrons. The number of hydrogen-bond acceptors (Lipinski definition) is 3. The minimum absolute atomic E-state index is 0.688. The van der Waals surface area contributed by atoms with Crippen LogP contribution in [-0.2, 0) is 13.0 Å². The van der Waals surface area contributed by atoms with Crippen LogP contribution in [0.3, 0.4) is 0 Å². The SMILES string of the molecule is CCn1c(CCCOc2ccc(C)cc2C)n[nH]c1=S. The van der Waals surface area contributed by atoms with Crippen molar-refractivity contribution in [3.8, 4) is 5.75 Å². The van der Waals surface area contributed by atoms with Crippen molar-refractivity contribution in [3.63, 3.8) is 0 Å². The Balaban J connectivity index is 1.86. The van der Waals surface area contributed by atoms with Gasteiger partial charge in [-0.05, 0) is 51.0 Å². The maximum Gasteiger partial charge on any atom is 0.195 e. The summed E-state index contributed by atoms with van der Waals surface area (Å²) in [6.45, 7) is 7.77. The second-order valence-electron chi connectivity index (χ2n) is 4.91. The van der Waals surface area contributed by atoms with Gasteiger partial charge in [-0.1, -0.05) is 17.7 Å². The molecule has 1 aromatic heterocycles. The molecule has 0 aliphatic heterocycles. The standard InChI is InChI=1S/C15H21N3OS/c1-4-18-14(16-17-15(18)20)6-5-9-19-13-8-7-11(2)10-12(13)3/h7-8,10H,4-6,9H2,1-3H3,(H,17,20). The molecule has 1 heterocycles. The van der Waals surface area contributed by atoms with Crippen molar-refractivity contribution in [2.24, 2.45) is 0 Å². The number of hydrogen-bond donors (Lipinski definition) is 1. The Morgan fingerprint density at radius 3 is 2.85 bits per heavy atom. The number of nitrogens with zero attached hydrogens (tertiary/aromatic N) is 2. The fraction of sp³-hybridized carbons (Fsp3) is 0.467. The molecule has 0 saturated heterocycles. The quantitative estimate of drug-likeness (QED) is 0.653. The minimum Gasteiger partial charge on any atom is -0.493 e. The van der Waals surface area contributed by atoms with Crippen LogP contribution >= 0.6 is 12.2 Å². The lowest BCUT2D eigenvalue weighted by atomic mass is 10.1. The molecule has 4 nitrogen and oxygen atoms in total. The maximum atomic E-state index is 5.82. The van der Waals surface area contributed by atoms with Gasteiger partial charge in [-0.3, -0.25) is 5.10 Å². The highest BCUT2D eigenvalue weighted by Gasteiger charge is 2.05. The molecule has 1 N–H and O–H groups in total. The van der Waals surface area contributed by atoms with E-state index in [0.29, 0.717) is 11.4 Å². The van der Waals surface area contributed by atoms with E-state index < -0.39 is 0 Å². The van der Waals surface area contributed by atoms with Gasteiger partial charge in [0.2, 0.25) is 0 Å². The van der Waals surface area contributed by atoms with Crippen molar-refractivity contribution in [2.45, 2.75) is 40.2 Å². The highest BCUT2D eigenvalue weighted by Crippen LogP contribution is 2.18. The van der Waals surface area contributed by atoms with Gasteiger partial charge in [-0.25, -0.2) is 0 Å². The number of rotatable bonds is 6.